The van der Waals surface area contributed by atoms with E-state index in [1.165, 1.54) is 18.2 Å². The number of nitro benzene ring substituents is 1. The molecule has 0 aromatic heterocycles. The number of carbonyl (C=O) groups excluding carboxylic acids is 1. The first-order valence-electron chi connectivity index (χ1n) is 6.64. The SMILES string of the molecule is CC1CCCCC1OC(=O)c1cc([N+](=O)[O-])ccc1Br. The zero-order chi connectivity index (χ0) is 14.7. The van der Waals surface area contributed by atoms with Crippen LogP contribution in [0.3, 0.4) is 0 Å². The minimum atomic E-state index is -0.521. The first-order valence-corrected chi connectivity index (χ1v) is 7.43. The molecule has 0 aliphatic heterocycles. The lowest BCUT2D eigenvalue weighted by Crippen LogP contribution is -2.28. The van der Waals surface area contributed by atoms with Crippen molar-refractivity contribution in [1.82, 2.24) is 0 Å². The van der Waals surface area contributed by atoms with Crippen molar-refractivity contribution in [1.29, 1.82) is 0 Å². The molecular weight excluding hydrogens is 326 g/mol. The molecule has 6 heteroatoms. The van der Waals surface area contributed by atoms with Crippen molar-refractivity contribution in [3.63, 3.8) is 0 Å². The van der Waals surface area contributed by atoms with Crippen LogP contribution < -0.4 is 0 Å². The van der Waals surface area contributed by atoms with E-state index in [2.05, 4.69) is 22.9 Å². The van der Waals surface area contributed by atoms with E-state index >= 15 is 0 Å². The molecule has 0 radical (unpaired) electrons. The van der Waals surface area contributed by atoms with Gasteiger partial charge in [0.2, 0.25) is 0 Å². The number of hydrogen-bond donors (Lipinski definition) is 0. The predicted molar refractivity (Wildman–Crippen MR) is 77.6 cm³/mol. The minimum absolute atomic E-state index is 0.0950. The molecule has 1 saturated carbocycles. The fraction of sp³-hybridized carbons (Fsp3) is 0.500. The molecule has 1 aromatic carbocycles. The number of rotatable bonds is 3. The zero-order valence-electron chi connectivity index (χ0n) is 11.2. The lowest BCUT2D eigenvalue weighted by atomic mass is 9.88. The van der Waals surface area contributed by atoms with Gasteiger partial charge in [-0.3, -0.25) is 10.1 Å². The number of carbonyl (C=O) groups is 1. The second kappa shape index (κ2) is 6.35. The van der Waals surface area contributed by atoms with Gasteiger partial charge in [-0.2, -0.15) is 0 Å². The summed E-state index contributed by atoms with van der Waals surface area (Å²) in [7, 11) is 0. The summed E-state index contributed by atoms with van der Waals surface area (Å²) in [6, 6.07) is 4.10. The maximum Gasteiger partial charge on any atom is 0.339 e. The molecule has 20 heavy (non-hydrogen) atoms. The Kier molecular flexibility index (Phi) is 4.75. The molecule has 2 rings (SSSR count). The van der Waals surface area contributed by atoms with Crippen LogP contribution in [0.5, 0.6) is 0 Å². The third-order valence-corrected chi connectivity index (χ3v) is 4.36. The van der Waals surface area contributed by atoms with Gasteiger partial charge in [-0.15, -0.1) is 0 Å². The van der Waals surface area contributed by atoms with Crippen molar-refractivity contribution >= 4 is 27.6 Å². The summed E-state index contributed by atoms with van der Waals surface area (Å²) >= 11 is 3.24. The van der Waals surface area contributed by atoms with Crippen LogP contribution in [0.25, 0.3) is 0 Å². The first-order chi connectivity index (χ1) is 9.49. The third kappa shape index (κ3) is 3.36. The minimum Gasteiger partial charge on any atom is -0.458 e. The van der Waals surface area contributed by atoms with Gasteiger partial charge in [-0.1, -0.05) is 13.3 Å². The molecule has 0 spiro atoms. The molecular formula is C14H16BrNO4. The average Bonchev–Trinajstić information content (AvgIpc) is 2.41. The molecule has 0 heterocycles. The van der Waals surface area contributed by atoms with Crippen molar-refractivity contribution in [2.45, 2.75) is 38.7 Å². The molecule has 1 aliphatic carbocycles. The number of ether oxygens (including phenoxy) is 1. The second-order valence-corrected chi connectivity index (χ2v) is 5.98. The topological polar surface area (TPSA) is 69.4 Å². The molecule has 2 unspecified atom stereocenters. The quantitative estimate of drug-likeness (QED) is 0.471. The first kappa shape index (κ1) is 15.0. The number of halogens is 1. The Morgan fingerprint density at radius 1 is 1.40 bits per heavy atom. The molecule has 0 saturated heterocycles. The van der Waals surface area contributed by atoms with Gasteiger partial charge >= 0.3 is 5.97 Å². The van der Waals surface area contributed by atoms with Gasteiger partial charge in [-0.05, 0) is 47.2 Å². The Hall–Kier alpha value is -1.43. The van der Waals surface area contributed by atoms with Crippen LogP contribution in [0.2, 0.25) is 0 Å². The van der Waals surface area contributed by atoms with Crippen LogP contribution in [0.4, 0.5) is 5.69 Å². The molecule has 1 fully saturated rings. The summed E-state index contributed by atoms with van der Waals surface area (Å²) < 4.78 is 6.02. The summed E-state index contributed by atoms with van der Waals surface area (Å²) in [5.74, 6) is -0.163. The van der Waals surface area contributed by atoms with Gasteiger partial charge in [0.05, 0.1) is 10.5 Å². The number of benzene rings is 1. The smallest absolute Gasteiger partial charge is 0.339 e. The molecule has 1 aliphatic rings. The van der Waals surface area contributed by atoms with E-state index in [0.29, 0.717) is 10.4 Å². The maximum atomic E-state index is 12.2. The Morgan fingerprint density at radius 2 is 2.10 bits per heavy atom. The highest BCUT2D eigenvalue weighted by Crippen LogP contribution is 2.29. The monoisotopic (exact) mass is 341 g/mol. The number of nitro groups is 1. The largest absolute Gasteiger partial charge is 0.458 e. The molecule has 5 nitrogen and oxygen atoms in total. The van der Waals surface area contributed by atoms with E-state index in [4.69, 9.17) is 4.74 Å². The third-order valence-electron chi connectivity index (χ3n) is 3.67. The number of non-ortho nitro benzene ring substituents is 1. The fourth-order valence-electron chi connectivity index (χ4n) is 2.44. The van der Waals surface area contributed by atoms with Gasteiger partial charge in [-0.25, -0.2) is 4.79 Å². The maximum absolute atomic E-state index is 12.2. The zero-order valence-corrected chi connectivity index (χ0v) is 12.8. The van der Waals surface area contributed by atoms with Crippen molar-refractivity contribution in [2.75, 3.05) is 0 Å². The van der Waals surface area contributed by atoms with Crippen LogP contribution in [0, 0.1) is 16.0 Å². The van der Waals surface area contributed by atoms with Gasteiger partial charge in [0.1, 0.15) is 6.10 Å². The Bertz CT molecular complexity index is 532. The predicted octanol–water partition coefficient (Wildman–Crippen LogP) is 4.09. The average molecular weight is 342 g/mol. The van der Waals surface area contributed by atoms with E-state index in [0.717, 1.165) is 25.7 Å². The van der Waals surface area contributed by atoms with Gasteiger partial charge in [0, 0.05) is 16.6 Å². The van der Waals surface area contributed by atoms with Crippen LogP contribution in [0.15, 0.2) is 22.7 Å². The normalized spacial score (nSPS) is 22.3. The molecule has 1 aromatic rings. The highest BCUT2D eigenvalue weighted by Gasteiger charge is 2.26. The van der Waals surface area contributed by atoms with Crippen LogP contribution in [0.1, 0.15) is 43.0 Å². The summed E-state index contributed by atoms with van der Waals surface area (Å²) in [4.78, 5) is 22.4. The fourth-order valence-corrected chi connectivity index (χ4v) is 2.85. The highest BCUT2D eigenvalue weighted by molar-refractivity contribution is 9.10. The molecule has 0 N–H and O–H groups in total. The number of esters is 1. The Morgan fingerprint density at radius 3 is 2.75 bits per heavy atom. The number of hydrogen-bond acceptors (Lipinski definition) is 4. The van der Waals surface area contributed by atoms with Crippen LogP contribution in [-0.2, 0) is 4.74 Å². The molecule has 0 bridgehead atoms. The highest BCUT2D eigenvalue weighted by atomic mass is 79.9. The standard InChI is InChI=1S/C14H16BrNO4/c1-9-4-2-3-5-13(9)20-14(17)11-8-10(16(18)19)6-7-12(11)15/h6-9,13H,2-5H2,1H3. The summed E-state index contributed by atoms with van der Waals surface area (Å²) in [5.41, 5.74) is 0.0915. The van der Waals surface area contributed by atoms with Gasteiger partial charge in [0.25, 0.3) is 5.69 Å². The van der Waals surface area contributed by atoms with Crippen molar-refractivity contribution in [2.24, 2.45) is 5.92 Å². The lowest BCUT2D eigenvalue weighted by molar-refractivity contribution is -0.384. The van der Waals surface area contributed by atoms with Crippen molar-refractivity contribution < 1.29 is 14.5 Å². The van der Waals surface area contributed by atoms with Crippen LogP contribution in [-0.4, -0.2) is 17.0 Å². The Labute approximate surface area is 125 Å². The molecule has 0 amide bonds. The summed E-state index contributed by atoms with van der Waals surface area (Å²) in [5, 5.41) is 10.8. The number of nitrogens with zero attached hydrogens (tertiary/aromatic N) is 1. The molecule has 108 valence electrons. The van der Waals surface area contributed by atoms with Gasteiger partial charge < -0.3 is 4.74 Å². The van der Waals surface area contributed by atoms with E-state index in [-0.39, 0.29) is 17.4 Å². The van der Waals surface area contributed by atoms with Crippen LogP contribution >= 0.6 is 15.9 Å². The lowest BCUT2D eigenvalue weighted by Gasteiger charge is -2.28. The van der Waals surface area contributed by atoms with E-state index in [9.17, 15) is 14.9 Å². The Balaban J connectivity index is 2.16. The van der Waals surface area contributed by atoms with Crippen molar-refractivity contribution in [3.05, 3.63) is 38.3 Å². The van der Waals surface area contributed by atoms with E-state index < -0.39 is 10.9 Å². The summed E-state index contributed by atoms with van der Waals surface area (Å²) in [6.45, 7) is 2.07. The van der Waals surface area contributed by atoms with Gasteiger partial charge in [0.15, 0.2) is 0 Å². The summed E-state index contributed by atoms with van der Waals surface area (Å²) in [6.07, 6.45) is 4.03. The second-order valence-electron chi connectivity index (χ2n) is 5.13. The van der Waals surface area contributed by atoms with Crippen molar-refractivity contribution in [3.8, 4) is 0 Å². The van der Waals surface area contributed by atoms with E-state index in [1.807, 2.05) is 0 Å². The molecule has 2 atom stereocenters. The van der Waals surface area contributed by atoms with E-state index in [1.54, 1.807) is 0 Å².